The Morgan fingerprint density at radius 3 is 2.87 bits per heavy atom. The fraction of sp³-hybridized carbons (Fsp3) is 0.304. The number of pyridine rings is 1. The molecule has 2 aromatic carbocycles. The number of carbonyl (C=O) groups excluding carboxylic acids is 1. The molecule has 6 nitrogen and oxygen atoms in total. The Kier molecular flexibility index (Phi) is 6.80. The molecule has 1 aliphatic rings. The van der Waals surface area contributed by atoms with Crippen LogP contribution in [-0.4, -0.2) is 36.1 Å². The van der Waals surface area contributed by atoms with Crippen molar-refractivity contribution in [2.24, 2.45) is 0 Å². The summed E-state index contributed by atoms with van der Waals surface area (Å²) >= 11 is 11.9. The fourth-order valence-electron chi connectivity index (χ4n) is 3.69. The van der Waals surface area contributed by atoms with E-state index >= 15 is 0 Å². The van der Waals surface area contributed by atoms with Crippen LogP contribution in [0.4, 0.5) is 11.5 Å². The largest absolute Gasteiger partial charge is 0.482 e. The van der Waals surface area contributed by atoms with Crippen molar-refractivity contribution in [3.63, 3.8) is 0 Å². The van der Waals surface area contributed by atoms with Gasteiger partial charge in [-0.1, -0.05) is 23.2 Å². The Morgan fingerprint density at radius 2 is 2.10 bits per heavy atom. The van der Waals surface area contributed by atoms with Crippen molar-refractivity contribution in [3.8, 4) is 5.75 Å². The van der Waals surface area contributed by atoms with Gasteiger partial charge in [0, 0.05) is 28.2 Å². The fourth-order valence-corrected chi connectivity index (χ4v) is 4.15. The van der Waals surface area contributed by atoms with Crippen molar-refractivity contribution in [3.05, 3.63) is 58.6 Å². The summed E-state index contributed by atoms with van der Waals surface area (Å²) in [7, 11) is 0. The molecule has 1 aliphatic heterocycles. The Balaban J connectivity index is 1.36. The Bertz CT molecular complexity index is 1090. The summed E-state index contributed by atoms with van der Waals surface area (Å²) in [6.07, 6.45) is 2.40. The van der Waals surface area contributed by atoms with Crippen molar-refractivity contribution in [1.29, 1.82) is 0 Å². The van der Waals surface area contributed by atoms with Crippen LogP contribution in [0, 0.1) is 0 Å². The van der Waals surface area contributed by atoms with E-state index in [1.54, 1.807) is 18.2 Å². The number of ether oxygens (including phenoxy) is 1. The number of hydrogen-bond donors (Lipinski definition) is 3. The highest BCUT2D eigenvalue weighted by Gasteiger charge is 2.20. The van der Waals surface area contributed by atoms with Crippen LogP contribution in [0.3, 0.4) is 0 Å². The minimum Gasteiger partial charge on any atom is -0.482 e. The van der Waals surface area contributed by atoms with Crippen LogP contribution in [0.1, 0.15) is 19.8 Å². The summed E-state index contributed by atoms with van der Waals surface area (Å²) in [5.41, 5.74) is 1.54. The molecular weight excluding hydrogens is 435 g/mol. The molecule has 0 aliphatic carbocycles. The molecule has 0 saturated carbocycles. The Morgan fingerprint density at radius 1 is 1.23 bits per heavy atom. The van der Waals surface area contributed by atoms with Gasteiger partial charge in [-0.15, -0.1) is 0 Å². The second-order valence-electron chi connectivity index (χ2n) is 7.65. The summed E-state index contributed by atoms with van der Waals surface area (Å²) in [6.45, 7) is 3.09. The minimum absolute atomic E-state index is 0.159. The van der Waals surface area contributed by atoms with E-state index < -0.39 is 0 Å². The molecular formula is C23H24Cl2N4O2. The maximum absolute atomic E-state index is 12.3. The van der Waals surface area contributed by atoms with Gasteiger partial charge in [-0.3, -0.25) is 4.79 Å². The normalized spacial score (nSPS) is 16.8. The molecule has 0 bridgehead atoms. The van der Waals surface area contributed by atoms with Gasteiger partial charge in [-0.05, 0) is 74.8 Å². The molecule has 3 N–H and O–H groups in total. The van der Waals surface area contributed by atoms with Crippen molar-refractivity contribution >= 4 is 51.5 Å². The third-order valence-electron chi connectivity index (χ3n) is 5.30. The number of rotatable bonds is 7. The van der Waals surface area contributed by atoms with Crippen LogP contribution < -0.4 is 20.7 Å². The molecule has 1 amide bonds. The number of nitrogens with one attached hydrogen (secondary N) is 3. The van der Waals surface area contributed by atoms with Gasteiger partial charge < -0.3 is 20.7 Å². The average Bonchev–Trinajstić information content (AvgIpc) is 3.28. The maximum atomic E-state index is 12.3. The summed E-state index contributed by atoms with van der Waals surface area (Å²) in [5.74, 6) is 0.971. The number of aromatic nitrogens is 1. The van der Waals surface area contributed by atoms with E-state index in [0.29, 0.717) is 33.6 Å². The van der Waals surface area contributed by atoms with Gasteiger partial charge in [0.1, 0.15) is 11.6 Å². The average molecular weight is 459 g/mol. The first-order valence-corrected chi connectivity index (χ1v) is 11.0. The molecule has 2 atom stereocenters. The summed E-state index contributed by atoms with van der Waals surface area (Å²) in [4.78, 5) is 17.0. The Labute approximate surface area is 191 Å². The number of amides is 1. The lowest BCUT2D eigenvalue weighted by Gasteiger charge is -2.21. The van der Waals surface area contributed by atoms with E-state index in [0.717, 1.165) is 23.3 Å². The number of anilines is 2. The van der Waals surface area contributed by atoms with Gasteiger partial charge >= 0.3 is 0 Å². The van der Waals surface area contributed by atoms with Gasteiger partial charge in [-0.25, -0.2) is 4.98 Å². The maximum Gasteiger partial charge on any atom is 0.262 e. The number of nitrogens with zero attached hydrogens (tertiary/aromatic N) is 1. The van der Waals surface area contributed by atoms with Gasteiger partial charge in [0.2, 0.25) is 0 Å². The lowest BCUT2D eigenvalue weighted by atomic mass is 10.1. The predicted octanol–water partition coefficient (Wildman–Crippen LogP) is 5.11. The van der Waals surface area contributed by atoms with Crippen molar-refractivity contribution in [2.75, 3.05) is 23.8 Å². The van der Waals surface area contributed by atoms with Crippen LogP contribution in [-0.2, 0) is 4.79 Å². The van der Waals surface area contributed by atoms with Gasteiger partial charge in [0.05, 0.1) is 10.5 Å². The third-order valence-corrected chi connectivity index (χ3v) is 5.83. The number of benzene rings is 2. The van der Waals surface area contributed by atoms with Crippen LogP contribution in [0.25, 0.3) is 10.9 Å². The van der Waals surface area contributed by atoms with E-state index in [2.05, 4.69) is 22.9 Å². The molecule has 1 fully saturated rings. The quantitative estimate of drug-likeness (QED) is 0.458. The molecule has 162 valence electrons. The van der Waals surface area contributed by atoms with Crippen LogP contribution in [0.5, 0.6) is 5.75 Å². The zero-order valence-electron chi connectivity index (χ0n) is 17.1. The third kappa shape index (κ3) is 5.58. The number of carbonyl (C=O) groups is 1. The topological polar surface area (TPSA) is 75.3 Å². The minimum atomic E-state index is -0.283. The smallest absolute Gasteiger partial charge is 0.262 e. The first kappa shape index (κ1) is 21.7. The highest BCUT2D eigenvalue weighted by molar-refractivity contribution is 6.35. The van der Waals surface area contributed by atoms with Crippen LogP contribution in [0.2, 0.25) is 10.0 Å². The summed E-state index contributed by atoms with van der Waals surface area (Å²) in [6, 6.07) is 15.2. The standard InChI is InChI=1S/C23H24Cl2N4O2/c1-14(19-3-2-10-26-19)27-22-9-4-15-11-17(6-7-20(15)29-22)28-23(30)13-31-21-8-5-16(24)12-18(21)25/h4-9,11-12,14,19,26H,2-3,10,13H2,1H3,(H,27,29)(H,28,30). The lowest BCUT2D eigenvalue weighted by molar-refractivity contribution is -0.118. The summed E-state index contributed by atoms with van der Waals surface area (Å²) in [5, 5.41) is 11.6. The molecule has 0 radical (unpaired) electrons. The molecule has 1 aromatic heterocycles. The van der Waals surface area contributed by atoms with Crippen LogP contribution in [0.15, 0.2) is 48.5 Å². The van der Waals surface area contributed by atoms with Crippen molar-refractivity contribution < 1.29 is 9.53 Å². The Hall–Kier alpha value is -2.54. The number of hydrogen-bond acceptors (Lipinski definition) is 5. The van der Waals surface area contributed by atoms with Gasteiger partial charge in [0.25, 0.3) is 5.91 Å². The van der Waals surface area contributed by atoms with Gasteiger partial charge in [0.15, 0.2) is 6.61 Å². The zero-order chi connectivity index (χ0) is 21.8. The monoisotopic (exact) mass is 458 g/mol. The van der Waals surface area contributed by atoms with E-state index in [9.17, 15) is 4.79 Å². The van der Waals surface area contributed by atoms with E-state index in [1.165, 1.54) is 12.8 Å². The van der Waals surface area contributed by atoms with Crippen LogP contribution >= 0.6 is 23.2 Å². The second-order valence-corrected chi connectivity index (χ2v) is 8.50. The van der Waals surface area contributed by atoms with Crippen molar-refractivity contribution in [1.82, 2.24) is 10.3 Å². The van der Waals surface area contributed by atoms with E-state index in [-0.39, 0.29) is 12.5 Å². The van der Waals surface area contributed by atoms with E-state index in [1.807, 2.05) is 30.3 Å². The summed E-state index contributed by atoms with van der Waals surface area (Å²) < 4.78 is 5.48. The molecule has 0 spiro atoms. The highest BCUT2D eigenvalue weighted by Crippen LogP contribution is 2.27. The zero-order valence-corrected chi connectivity index (χ0v) is 18.6. The highest BCUT2D eigenvalue weighted by atomic mass is 35.5. The second kappa shape index (κ2) is 9.73. The number of halogens is 2. The molecule has 2 unspecified atom stereocenters. The molecule has 8 heteroatoms. The lowest BCUT2D eigenvalue weighted by Crippen LogP contribution is -2.38. The number of fused-ring (bicyclic) bond motifs is 1. The predicted molar refractivity (Wildman–Crippen MR) is 126 cm³/mol. The first-order chi connectivity index (χ1) is 15.0. The van der Waals surface area contributed by atoms with E-state index in [4.69, 9.17) is 32.9 Å². The molecule has 4 rings (SSSR count). The molecule has 2 heterocycles. The molecule has 31 heavy (non-hydrogen) atoms. The molecule has 1 saturated heterocycles. The first-order valence-electron chi connectivity index (χ1n) is 10.3. The van der Waals surface area contributed by atoms with Gasteiger partial charge in [-0.2, -0.15) is 0 Å². The molecule has 3 aromatic rings. The SMILES string of the molecule is CC(Nc1ccc2cc(NC(=O)COc3ccc(Cl)cc3Cl)ccc2n1)C1CCCN1. The van der Waals surface area contributed by atoms with Crippen molar-refractivity contribution in [2.45, 2.75) is 31.8 Å².